The van der Waals surface area contributed by atoms with Crippen LogP contribution < -0.4 is 0 Å². The molecule has 0 saturated carbocycles. The zero-order chi connectivity index (χ0) is 11.4. The van der Waals surface area contributed by atoms with Crippen molar-refractivity contribution in [3.05, 3.63) is 35.9 Å². The highest BCUT2D eigenvalue weighted by Gasteiger charge is 2.27. The first-order chi connectivity index (χ1) is 7.83. The lowest BCUT2D eigenvalue weighted by Crippen LogP contribution is -2.31. The molecule has 1 saturated heterocycles. The number of likely N-dealkylation sites (tertiary alicyclic amines) is 1. The molecule has 16 heavy (non-hydrogen) atoms. The summed E-state index contributed by atoms with van der Waals surface area (Å²) in [5.74, 6) is 0.341. The van der Waals surface area contributed by atoms with E-state index < -0.39 is 0 Å². The summed E-state index contributed by atoms with van der Waals surface area (Å²) in [6, 6.07) is 10.2. The van der Waals surface area contributed by atoms with Gasteiger partial charge in [0.15, 0.2) is 5.78 Å². The molecule has 1 aromatic rings. The van der Waals surface area contributed by atoms with E-state index in [0.717, 1.165) is 18.7 Å². The van der Waals surface area contributed by atoms with Crippen LogP contribution in [0.2, 0.25) is 0 Å². The van der Waals surface area contributed by atoms with Gasteiger partial charge in [-0.1, -0.05) is 37.3 Å². The van der Waals surface area contributed by atoms with Crippen molar-refractivity contribution in [3.63, 3.8) is 0 Å². The summed E-state index contributed by atoms with van der Waals surface area (Å²) < 4.78 is 0. The van der Waals surface area contributed by atoms with Crippen LogP contribution in [0.15, 0.2) is 30.3 Å². The predicted octanol–water partition coefficient (Wildman–Crippen LogP) is 2.80. The van der Waals surface area contributed by atoms with E-state index in [1.807, 2.05) is 25.1 Å². The fraction of sp³-hybridized carbons (Fsp3) is 0.500. The molecule has 0 aromatic heterocycles. The Balaban J connectivity index is 2.24. The van der Waals surface area contributed by atoms with Gasteiger partial charge in [0.05, 0.1) is 6.04 Å². The monoisotopic (exact) mass is 217 g/mol. The van der Waals surface area contributed by atoms with Gasteiger partial charge in [-0.25, -0.2) is 0 Å². The van der Waals surface area contributed by atoms with E-state index in [-0.39, 0.29) is 6.04 Å². The number of carbonyl (C=O) groups excluding carboxylic acids is 1. The van der Waals surface area contributed by atoms with Crippen molar-refractivity contribution in [1.29, 1.82) is 0 Å². The van der Waals surface area contributed by atoms with Crippen molar-refractivity contribution in [2.24, 2.45) is 0 Å². The van der Waals surface area contributed by atoms with E-state index in [0.29, 0.717) is 12.2 Å². The minimum Gasteiger partial charge on any atom is -0.298 e. The minimum absolute atomic E-state index is 0.00583. The molecule has 1 unspecified atom stereocenters. The van der Waals surface area contributed by atoms with Crippen LogP contribution in [0.4, 0.5) is 0 Å². The summed E-state index contributed by atoms with van der Waals surface area (Å²) in [6.45, 7) is 4.07. The van der Waals surface area contributed by atoms with Gasteiger partial charge in [-0.05, 0) is 31.5 Å². The van der Waals surface area contributed by atoms with E-state index in [1.54, 1.807) is 0 Å². The van der Waals surface area contributed by atoms with Crippen molar-refractivity contribution in [1.82, 2.24) is 4.90 Å². The van der Waals surface area contributed by atoms with Gasteiger partial charge in [-0.15, -0.1) is 0 Å². The molecule has 1 fully saturated rings. The van der Waals surface area contributed by atoms with Crippen molar-refractivity contribution in [3.8, 4) is 0 Å². The number of rotatable bonds is 4. The van der Waals surface area contributed by atoms with E-state index in [1.165, 1.54) is 12.8 Å². The summed E-state index contributed by atoms with van der Waals surface area (Å²) in [5.41, 5.74) is 1.15. The second-order valence-corrected chi connectivity index (χ2v) is 4.38. The molecule has 2 nitrogen and oxygen atoms in total. The van der Waals surface area contributed by atoms with Crippen molar-refractivity contribution < 1.29 is 4.79 Å². The second kappa shape index (κ2) is 5.26. The maximum Gasteiger partial charge on any atom is 0.154 e. The highest BCUT2D eigenvalue weighted by molar-refractivity contribution is 5.85. The average molecular weight is 217 g/mol. The molecule has 1 aliphatic heterocycles. The van der Waals surface area contributed by atoms with Gasteiger partial charge >= 0.3 is 0 Å². The lowest BCUT2D eigenvalue weighted by Gasteiger charge is -2.26. The Morgan fingerprint density at radius 1 is 1.25 bits per heavy atom. The van der Waals surface area contributed by atoms with Crippen LogP contribution in [0.25, 0.3) is 0 Å². The Morgan fingerprint density at radius 2 is 1.88 bits per heavy atom. The molecule has 1 heterocycles. The quantitative estimate of drug-likeness (QED) is 0.773. The molecule has 0 N–H and O–H groups in total. The SMILES string of the molecule is CCC(=O)C(c1ccccc1)N1CCCC1. The molecule has 86 valence electrons. The lowest BCUT2D eigenvalue weighted by molar-refractivity contribution is -0.123. The normalized spacial score (nSPS) is 18.6. The van der Waals surface area contributed by atoms with Crippen LogP contribution in [-0.2, 0) is 4.79 Å². The molecule has 0 amide bonds. The average Bonchev–Trinajstić information content (AvgIpc) is 2.84. The molecular formula is C14H19NO. The maximum atomic E-state index is 12.1. The van der Waals surface area contributed by atoms with E-state index in [9.17, 15) is 4.79 Å². The smallest absolute Gasteiger partial charge is 0.154 e. The molecule has 0 radical (unpaired) electrons. The molecule has 1 aliphatic rings. The number of nitrogens with zero attached hydrogens (tertiary/aromatic N) is 1. The number of benzene rings is 1. The Labute approximate surface area is 97.3 Å². The number of ketones is 1. The second-order valence-electron chi connectivity index (χ2n) is 4.38. The van der Waals surface area contributed by atoms with E-state index in [4.69, 9.17) is 0 Å². The fourth-order valence-corrected chi connectivity index (χ4v) is 2.43. The highest BCUT2D eigenvalue weighted by Crippen LogP contribution is 2.26. The lowest BCUT2D eigenvalue weighted by atomic mass is 10.00. The summed E-state index contributed by atoms with van der Waals surface area (Å²) in [4.78, 5) is 14.4. The fourth-order valence-electron chi connectivity index (χ4n) is 2.43. The number of Topliss-reactive ketones (excluding diaryl/α,β-unsaturated/α-hetero) is 1. The van der Waals surface area contributed by atoms with Crippen LogP contribution in [0.1, 0.15) is 37.8 Å². The van der Waals surface area contributed by atoms with Crippen molar-refractivity contribution >= 4 is 5.78 Å². The van der Waals surface area contributed by atoms with Crippen LogP contribution in [0.3, 0.4) is 0 Å². The summed E-state index contributed by atoms with van der Waals surface area (Å²) in [7, 11) is 0. The standard InChI is InChI=1S/C14H19NO/c1-2-13(16)14(15-10-6-7-11-15)12-8-4-3-5-9-12/h3-5,8-9,14H,2,6-7,10-11H2,1H3. The molecule has 0 spiro atoms. The van der Waals surface area contributed by atoms with Crippen LogP contribution in [0.5, 0.6) is 0 Å². The molecule has 2 heteroatoms. The van der Waals surface area contributed by atoms with Gasteiger partial charge < -0.3 is 0 Å². The minimum atomic E-state index is -0.00583. The van der Waals surface area contributed by atoms with Gasteiger partial charge in [-0.3, -0.25) is 9.69 Å². The largest absolute Gasteiger partial charge is 0.298 e. The Hall–Kier alpha value is -1.15. The zero-order valence-electron chi connectivity index (χ0n) is 9.86. The third-order valence-corrected chi connectivity index (χ3v) is 3.27. The summed E-state index contributed by atoms with van der Waals surface area (Å²) in [5, 5.41) is 0. The third-order valence-electron chi connectivity index (χ3n) is 3.27. The zero-order valence-corrected chi connectivity index (χ0v) is 9.86. The molecule has 2 rings (SSSR count). The molecule has 1 aromatic carbocycles. The van der Waals surface area contributed by atoms with Gasteiger partial charge in [0.25, 0.3) is 0 Å². The number of carbonyl (C=O) groups is 1. The van der Waals surface area contributed by atoms with Crippen LogP contribution >= 0.6 is 0 Å². The first-order valence-corrected chi connectivity index (χ1v) is 6.14. The van der Waals surface area contributed by atoms with Gasteiger partial charge in [0.2, 0.25) is 0 Å². The van der Waals surface area contributed by atoms with Gasteiger partial charge in [-0.2, -0.15) is 0 Å². The summed E-state index contributed by atoms with van der Waals surface area (Å²) >= 11 is 0. The Kier molecular flexibility index (Phi) is 3.73. The molecular weight excluding hydrogens is 198 g/mol. The maximum absolute atomic E-state index is 12.1. The number of hydrogen-bond acceptors (Lipinski definition) is 2. The first-order valence-electron chi connectivity index (χ1n) is 6.14. The number of hydrogen-bond donors (Lipinski definition) is 0. The molecule has 0 bridgehead atoms. The van der Waals surface area contributed by atoms with Crippen molar-refractivity contribution in [2.75, 3.05) is 13.1 Å². The van der Waals surface area contributed by atoms with Crippen LogP contribution in [-0.4, -0.2) is 23.8 Å². The van der Waals surface area contributed by atoms with E-state index in [2.05, 4.69) is 17.0 Å². The van der Waals surface area contributed by atoms with Crippen molar-refractivity contribution in [2.45, 2.75) is 32.2 Å². The highest BCUT2D eigenvalue weighted by atomic mass is 16.1. The van der Waals surface area contributed by atoms with Gasteiger partial charge in [0.1, 0.15) is 0 Å². The molecule has 1 atom stereocenters. The Bertz CT molecular complexity index is 341. The topological polar surface area (TPSA) is 20.3 Å². The van der Waals surface area contributed by atoms with E-state index >= 15 is 0 Å². The molecule has 0 aliphatic carbocycles. The predicted molar refractivity (Wildman–Crippen MR) is 65.3 cm³/mol. The first kappa shape index (κ1) is 11.3. The third kappa shape index (κ3) is 2.33. The van der Waals surface area contributed by atoms with Gasteiger partial charge in [0, 0.05) is 6.42 Å². The Morgan fingerprint density at radius 3 is 2.44 bits per heavy atom. The summed E-state index contributed by atoms with van der Waals surface area (Å²) in [6.07, 6.45) is 3.07. The van der Waals surface area contributed by atoms with Crippen LogP contribution in [0, 0.1) is 0 Å².